The number of benzene rings is 2. The second kappa shape index (κ2) is 5.37. The lowest BCUT2D eigenvalue weighted by Crippen LogP contribution is -2.00. The van der Waals surface area contributed by atoms with Crippen LogP contribution < -0.4 is 14.8 Å². The predicted octanol–water partition coefficient (Wildman–Crippen LogP) is 4.41. The van der Waals surface area contributed by atoms with Crippen molar-refractivity contribution in [3.63, 3.8) is 0 Å². The topological polar surface area (TPSA) is 30.5 Å². The van der Waals surface area contributed by atoms with E-state index in [9.17, 15) is 0 Å². The van der Waals surface area contributed by atoms with Crippen molar-refractivity contribution >= 4 is 21.6 Å². The molecule has 3 rings (SSSR count). The van der Waals surface area contributed by atoms with Crippen LogP contribution in [0.2, 0.25) is 0 Å². The van der Waals surface area contributed by atoms with Gasteiger partial charge in [-0.3, -0.25) is 0 Å². The fraction of sp³-hybridized carbons (Fsp3) is 0.250. The van der Waals surface area contributed by atoms with E-state index < -0.39 is 0 Å². The third-order valence-corrected chi connectivity index (χ3v) is 3.79. The molecule has 0 aliphatic carbocycles. The largest absolute Gasteiger partial charge is 0.454 e. The molecular weight excluding hydrogens is 318 g/mol. The summed E-state index contributed by atoms with van der Waals surface area (Å²) in [4.78, 5) is 0. The van der Waals surface area contributed by atoms with E-state index in [1.54, 1.807) is 0 Å². The normalized spacial score (nSPS) is 12.6. The molecule has 0 aromatic heterocycles. The van der Waals surface area contributed by atoms with Gasteiger partial charge in [0.1, 0.15) is 0 Å². The molecule has 0 saturated carbocycles. The van der Waals surface area contributed by atoms with Gasteiger partial charge in [-0.25, -0.2) is 0 Å². The van der Waals surface area contributed by atoms with Crippen molar-refractivity contribution in [2.75, 3.05) is 12.1 Å². The van der Waals surface area contributed by atoms with Crippen molar-refractivity contribution in [3.8, 4) is 11.5 Å². The van der Waals surface area contributed by atoms with Gasteiger partial charge in [-0.05, 0) is 70.7 Å². The maximum Gasteiger partial charge on any atom is 0.231 e. The van der Waals surface area contributed by atoms with Gasteiger partial charge in [-0.15, -0.1) is 0 Å². The van der Waals surface area contributed by atoms with Crippen molar-refractivity contribution in [1.82, 2.24) is 0 Å². The standard InChI is InChI=1S/C16H16BrNO2/c1-10-3-11(2)5-13(4-10)18-8-12-6-14(17)16-15(7-12)19-9-20-16/h3-7,18H,8-9H2,1-2H3. The van der Waals surface area contributed by atoms with Crippen LogP contribution in [0.1, 0.15) is 16.7 Å². The Morgan fingerprint density at radius 3 is 2.55 bits per heavy atom. The fourth-order valence-electron chi connectivity index (χ4n) is 2.40. The Morgan fingerprint density at radius 1 is 1.05 bits per heavy atom. The number of anilines is 1. The Hall–Kier alpha value is -1.68. The van der Waals surface area contributed by atoms with Crippen LogP contribution in [0, 0.1) is 13.8 Å². The molecule has 1 heterocycles. The van der Waals surface area contributed by atoms with Crippen molar-refractivity contribution in [2.45, 2.75) is 20.4 Å². The van der Waals surface area contributed by atoms with E-state index in [-0.39, 0.29) is 0 Å². The maximum absolute atomic E-state index is 5.43. The smallest absolute Gasteiger partial charge is 0.231 e. The Labute approximate surface area is 127 Å². The van der Waals surface area contributed by atoms with Crippen molar-refractivity contribution in [3.05, 3.63) is 51.5 Å². The van der Waals surface area contributed by atoms with Gasteiger partial charge >= 0.3 is 0 Å². The number of fused-ring (bicyclic) bond motifs is 1. The van der Waals surface area contributed by atoms with Crippen molar-refractivity contribution < 1.29 is 9.47 Å². The van der Waals surface area contributed by atoms with Crippen LogP contribution in [-0.4, -0.2) is 6.79 Å². The van der Waals surface area contributed by atoms with Crippen molar-refractivity contribution in [1.29, 1.82) is 0 Å². The summed E-state index contributed by atoms with van der Waals surface area (Å²) in [5, 5.41) is 3.44. The first-order valence-electron chi connectivity index (χ1n) is 6.52. The average molecular weight is 334 g/mol. The minimum atomic E-state index is 0.294. The monoisotopic (exact) mass is 333 g/mol. The minimum absolute atomic E-state index is 0.294. The van der Waals surface area contributed by atoms with E-state index >= 15 is 0 Å². The molecule has 0 unspecified atom stereocenters. The van der Waals surface area contributed by atoms with Gasteiger partial charge in [0.15, 0.2) is 11.5 Å². The Balaban J connectivity index is 1.77. The van der Waals surface area contributed by atoms with Gasteiger partial charge in [0.2, 0.25) is 6.79 Å². The van der Waals surface area contributed by atoms with Gasteiger partial charge in [0, 0.05) is 12.2 Å². The highest BCUT2D eigenvalue weighted by Crippen LogP contribution is 2.40. The van der Waals surface area contributed by atoms with E-state index in [2.05, 4.69) is 59.4 Å². The molecule has 0 bridgehead atoms. The molecule has 0 saturated heterocycles. The molecule has 0 atom stereocenters. The number of hydrogen-bond donors (Lipinski definition) is 1. The number of halogens is 1. The summed E-state index contributed by atoms with van der Waals surface area (Å²) < 4.78 is 11.8. The van der Waals surface area contributed by atoms with Crippen molar-refractivity contribution in [2.24, 2.45) is 0 Å². The van der Waals surface area contributed by atoms with Gasteiger partial charge in [0.25, 0.3) is 0 Å². The summed E-state index contributed by atoms with van der Waals surface area (Å²) in [6.07, 6.45) is 0. The zero-order valence-electron chi connectivity index (χ0n) is 11.5. The molecule has 0 radical (unpaired) electrons. The van der Waals surface area contributed by atoms with Crippen LogP contribution in [0.3, 0.4) is 0 Å². The van der Waals surface area contributed by atoms with E-state index in [1.165, 1.54) is 11.1 Å². The molecule has 0 spiro atoms. The van der Waals surface area contributed by atoms with E-state index in [4.69, 9.17) is 9.47 Å². The average Bonchev–Trinajstić information content (AvgIpc) is 2.84. The lowest BCUT2D eigenvalue weighted by atomic mass is 10.1. The highest BCUT2D eigenvalue weighted by atomic mass is 79.9. The number of rotatable bonds is 3. The molecule has 104 valence electrons. The van der Waals surface area contributed by atoms with Crippen LogP contribution in [0.4, 0.5) is 5.69 Å². The van der Waals surface area contributed by atoms with E-state index in [0.29, 0.717) is 6.79 Å². The summed E-state index contributed by atoms with van der Waals surface area (Å²) in [7, 11) is 0. The maximum atomic E-state index is 5.43. The molecule has 4 heteroatoms. The first-order chi connectivity index (χ1) is 9.61. The van der Waals surface area contributed by atoms with Crippen LogP contribution in [-0.2, 0) is 6.54 Å². The minimum Gasteiger partial charge on any atom is -0.454 e. The summed E-state index contributed by atoms with van der Waals surface area (Å²) >= 11 is 3.51. The summed E-state index contributed by atoms with van der Waals surface area (Å²) in [5.41, 5.74) is 4.82. The molecule has 3 nitrogen and oxygen atoms in total. The number of aryl methyl sites for hydroxylation is 2. The third kappa shape index (κ3) is 2.75. The first kappa shape index (κ1) is 13.3. The van der Waals surface area contributed by atoms with Gasteiger partial charge in [-0.1, -0.05) is 6.07 Å². The zero-order valence-corrected chi connectivity index (χ0v) is 13.1. The quantitative estimate of drug-likeness (QED) is 0.902. The number of hydrogen-bond acceptors (Lipinski definition) is 3. The lowest BCUT2D eigenvalue weighted by Gasteiger charge is -2.10. The molecule has 20 heavy (non-hydrogen) atoms. The Bertz CT molecular complexity index is 635. The van der Waals surface area contributed by atoms with Gasteiger partial charge in [-0.2, -0.15) is 0 Å². The molecule has 1 N–H and O–H groups in total. The summed E-state index contributed by atoms with van der Waals surface area (Å²) in [5.74, 6) is 1.59. The highest BCUT2D eigenvalue weighted by Gasteiger charge is 2.17. The molecule has 1 aliphatic rings. The van der Waals surface area contributed by atoms with E-state index in [0.717, 1.165) is 33.8 Å². The summed E-state index contributed by atoms with van der Waals surface area (Å²) in [6, 6.07) is 10.5. The first-order valence-corrected chi connectivity index (χ1v) is 7.31. The second-order valence-corrected chi connectivity index (χ2v) is 5.90. The zero-order chi connectivity index (χ0) is 14.1. The Morgan fingerprint density at radius 2 is 1.80 bits per heavy atom. The molecular formula is C16H16BrNO2. The fourth-order valence-corrected chi connectivity index (χ4v) is 3.01. The highest BCUT2D eigenvalue weighted by molar-refractivity contribution is 9.10. The predicted molar refractivity (Wildman–Crippen MR) is 83.5 cm³/mol. The van der Waals surface area contributed by atoms with Crippen LogP contribution in [0.25, 0.3) is 0 Å². The number of nitrogens with one attached hydrogen (secondary N) is 1. The summed E-state index contributed by atoms with van der Waals surface area (Å²) in [6.45, 7) is 5.25. The molecule has 2 aromatic rings. The third-order valence-electron chi connectivity index (χ3n) is 3.21. The lowest BCUT2D eigenvalue weighted by molar-refractivity contribution is 0.173. The van der Waals surface area contributed by atoms with Gasteiger partial charge in [0.05, 0.1) is 4.47 Å². The molecule has 2 aromatic carbocycles. The second-order valence-electron chi connectivity index (χ2n) is 5.04. The van der Waals surface area contributed by atoms with Crippen LogP contribution in [0.5, 0.6) is 11.5 Å². The molecule has 1 aliphatic heterocycles. The molecule has 0 amide bonds. The SMILES string of the molecule is Cc1cc(C)cc(NCc2cc(Br)c3c(c2)OCO3)c1. The van der Waals surface area contributed by atoms with Crippen LogP contribution in [0.15, 0.2) is 34.8 Å². The Kier molecular flexibility index (Phi) is 3.57. The number of ether oxygens (including phenoxy) is 2. The van der Waals surface area contributed by atoms with E-state index in [1.807, 2.05) is 6.07 Å². The molecule has 0 fully saturated rings. The van der Waals surface area contributed by atoms with Crippen LogP contribution >= 0.6 is 15.9 Å². The van der Waals surface area contributed by atoms with Gasteiger partial charge < -0.3 is 14.8 Å².